The van der Waals surface area contributed by atoms with Gasteiger partial charge in [-0.05, 0) is 12.5 Å². The van der Waals surface area contributed by atoms with Gasteiger partial charge in [-0.25, -0.2) is 8.42 Å². The molecule has 0 aromatic heterocycles. The van der Waals surface area contributed by atoms with Crippen molar-refractivity contribution in [1.29, 1.82) is 0 Å². The molecule has 0 saturated heterocycles. The van der Waals surface area contributed by atoms with Crippen LogP contribution in [0.15, 0.2) is 23.1 Å². The Labute approximate surface area is 134 Å². The Hall–Kier alpha value is -0.950. The van der Waals surface area contributed by atoms with Crippen molar-refractivity contribution in [3.8, 4) is 0 Å². The Bertz CT molecular complexity index is 555. The van der Waals surface area contributed by atoms with Gasteiger partial charge in [0, 0.05) is 18.6 Å². The van der Waals surface area contributed by atoms with Crippen LogP contribution in [0.4, 0.5) is 5.69 Å². The van der Waals surface area contributed by atoms with E-state index >= 15 is 0 Å². The van der Waals surface area contributed by atoms with Crippen molar-refractivity contribution >= 4 is 15.8 Å². The second-order valence-electron chi connectivity index (χ2n) is 5.67. The van der Waals surface area contributed by atoms with Crippen LogP contribution in [-0.4, -0.2) is 40.3 Å². The van der Waals surface area contributed by atoms with Gasteiger partial charge in [0.2, 0.25) is 0 Å². The highest BCUT2D eigenvalue weighted by molar-refractivity contribution is 7.85. The molecule has 1 N–H and O–H groups in total. The van der Waals surface area contributed by atoms with E-state index in [1.54, 1.807) is 6.07 Å². The van der Waals surface area contributed by atoms with Gasteiger partial charge in [0.25, 0.3) is 0 Å². The summed E-state index contributed by atoms with van der Waals surface area (Å²) in [7, 11) is -0.821. The Kier molecular flexibility index (Phi) is 8.03. The first-order chi connectivity index (χ1) is 10.4. The lowest BCUT2D eigenvalue weighted by atomic mass is 10.1. The maximum Gasteiger partial charge on any atom is 0.151 e. The van der Waals surface area contributed by atoms with Crippen molar-refractivity contribution in [3.05, 3.63) is 23.8 Å². The Morgan fingerprint density at radius 1 is 1.14 bits per heavy atom. The molecule has 0 amide bonds. The molecule has 0 aliphatic carbocycles. The van der Waals surface area contributed by atoms with E-state index in [0.717, 1.165) is 23.5 Å². The fourth-order valence-corrected chi connectivity index (χ4v) is 3.31. The van der Waals surface area contributed by atoms with E-state index in [4.69, 9.17) is 4.74 Å². The number of ether oxygens (including phenoxy) is 1. The summed E-state index contributed by atoms with van der Waals surface area (Å²) in [5.41, 5.74) is 1.40. The third kappa shape index (κ3) is 6.04. The topological polar surface area (TPSA) is 70.9 Å². The van der Waals surface area contributed by atoms with Gasteiger partial charge >= 0.3 is 0 Å². The minimum atomic E-state index is -4.46. The van der Waals surface area contributed by atoms with Gasteiger partial charge in [-0.1, -0.05) is 38.3 Å². The second-order valence-corrected chi connectivity index (χ2v) is 7.02. The molecule has 0 heterocycles. The number of unbranched alkanes of at least 4 members (excludes halogenated alkanes) is 3. The molecular weight excluding hydrogens is 302 g/mol. The van der Waals surface area contributed by atoms with Crippen molar-refractivity contribution < 1.29 is 22.6 Å². The van der Waals surface area contributed by atoms with E-state index in [9.17, 15) is 13.0 Å². The van der Waals surface area contributed by atoms with Crippen molar-refractivity contribution in [2.75, 3.05) is 27.3 Å². The van der Waals surface area contributed by atoms with Crippen molar-refractivity contribution in [3.63, 3.8) is 0 Å². The largest absolute Gasteiger partial charge is 0.744 e. The maximum absolute atomic E-state index is 11.4. The number of hydrogen-bond acceptors (Lipinski definition) is 4. The highest BCUT2D eigenvalue weighted by Gasteiger charge is 2.18. The summed E-state index contributed by atoms with van der Waals surface area (Å²) in [5.74, 6) is 0. The molecule has 0 fully saturated rings. The van der Waals surface area contributed by atoms with Gasteiger partial charge in [-0.15, -0.1) is 0 Å². The van der Waals surface area contributed by atoms with Crippen molar-refractivity contribution in [1.82, 2.24) is 0 Å². The predicted molar refractivity (Wildman–Crippen MR) is 85.5 cm³/mol. The van der Waals surface area contributed by atoms with Gasteiger partial charge in [0.1, 0.15) is 15.0 Å². The van der Waals surface area contributed by atoms with E-state index in [-0.39, 0.29) is 4.90 Å². The molecule has 0 spiro atoms. The molecule has 0 unspecified atom stereocenters. The van der Waals surface area contributed by atoms with Gasteiger partial charge in [0.15, 0.2) is 5.69 Å². The highest BCUT2D eigenvalue weighted by Crippen LogP contribution is 2.22. The minimum Gasteiger partial charge on any atom is -0.744 e. The van der Waals surface area contributed by atoms with Gasteiger partial charge < -0.3 is 14.2 Å². The Morgan fingerprint density at radius 3 is 2.45 bits per heavy atom. The van der Waals surface area contributed by atoms with Crippen LogP contribution >= 0.6 is 0 Å². The smallest absolute Gasteiger partial charge is 0.151 e. The van der Waals surface area contributed by atoms with Gasteiger partial charge in [-0.3, -0.25) is 0 Å². The molecule has 0 atom stereocenters. The molecule has 5 nitrogen and oxygen atoms in total. The maximum atomic E-state index is 11.4. The standard InChI is InChI=1S/C16H27NO4S/c1-4-5-6-7-12-21-13-11-14-9-8-10-15(22(18,19)20)16(14)17(2)3/h8-10H,4-7,11-13H2,1-3H3,(H,18,19,20). The molecule has 0 aliphatic rings. The molecule has 6 heteroatoms. The molecule has 126 valence electrons. The van der Waals surface area contributed by atoms with E-state index in [2.05, 4.69) is 6.92 Å². The van der Waals surface area contributed by atoms with E-state index in [0.29, 0.717) is 18.7 Å². The van der Waals surface area contributed by atoms with Crippen LogP contribution < -0.4 is 4.90 Å². The van der Waals surface area contributed by atoms with Crippen molar-refractivity contribution in [2.45, 2.75) is 43.9 Å². The summed E-state index contributed by atoms with van der Waals surface area (Å²) in [4.78, 5) is 0.695. The zero-order chi connectivity index (χ0) is 16.6. The van der Waals surface area contributed by atoms with Crippen LogP contribution in [0.25, 0.3) is 0 Å². The summed E-state index contributed by atoms with van der Waals surface area (Å²) in [5, 5.41) is 0. The predicted octanol–water partition coefficient (Wildman–Crippen LogP) is 1.51. The van der Waals surface area contributed by atoms with E-state index in [1.165, 1.54) is 25.3 Å². The first-order valence-electron chi connectivity index (χ1n) is 7.84. The van der Waals surface area contributed by atoms with Crippen molar-refractivity contribution in [2.24, 2.45) is 0 Å². The number of quaternary nitrogens is 1. The Morgan fingerprint density at radius 2 is 1.86 bits per heavy atom. The van der Waals surface area contributed by atoms with Crippen LogP contribution in [0.3, 0.4) is 0 Å². The lowest BCUT2D eigenvalue weighted by Gasteiger charge is -2.18. The summed E-state index contributed by atoms with van der Waals surface area (Å²) in [6.45, 7) is 3.43. The number of hydrogen-bond donors (Lipinski definition) is 1. The number of nitrogens with one attached hydrogen (secondary N) is 1. The first-order valence-corrected chi connectivity index (χ1v) is 9.24. The van der Waals surface area contributed by atoms with Crippen LogP contribution in [0, 0.1) is 0 Å². The normalized spacial score (nSPS) is 12.0. The monoisotopic (exact) mass is 329 g/mol. The minimum absolute atomic E-state index is 0.132. The lowest BCUT2D eigenvalue weighted by Crippen LogP contribution is -3.00. The second kappa shape index (κ2) is 9.25. The Balaban J connectivity index is 2.67. The summed E-state index contributed by atoms with van der Waals surface area (Å²) >= 11 is 0. The molecule has 1 rings (SSSR count). The van der Waals surface area contributed by atoms with Crippen LogP contribution in [0.2, 0.25) is 0 Å². The number of benzene rings is 1. The average molecular weight is 329 g/mol. The number of rotatable bonds is 10. The van der Waals surface area contributed by atoms with Gasteiger partial charge in [-0.2, -0.15) is 0 Å². The number of para-hydroxylation sites is 1. The van der Waals surface area contributed by atoms with Crippen LogP contribution in [0.5, 0.6) is 0 Å². The molecule has 0 bridgehead atoms. The SMILES string of the molecule is CCCCCCOCCc1cccc(S(=O)(=O)[O-])c1[NH+](C)C. The molecule has 0 saturated carbocycles. The van der Waals surface area contributed by atoms with Crippen LogP contribution in [-0.2, 0) is 21.3 Å². The summed E-state index contributed by atoms with van der Waals surface area (Å²) in [6, 6.07) is 4.85. The molecule has 0 radical (unpaired) electrons. The first kappa shape index (κ1) is 19.1. The van der Waals surface area contributed by atoms with Crippen LogP contribution in [0.1, 0.15) is 38.2 Å². The van der Waals surface area contributed by atoms with E-state index in [1.807, 2.05) is 20.2 Å². The highest BCUT2D eigenvalue weighted by atomic mass is 32.2. The fourth-order valence-electron chi connectivity index (χ4n) is 2.48. The molecule has 1 aromatic rings. The summed E-state index contributed by atoms with van der Waals surface area (Å²) in [6.07, 6.45) is 5.26. The molecule has 0 aliphatic heterocycles. The van der Waals surface area contributed by atoms with Gasteiger partial charge in [0.05, 0.1) is 20.7 Å². The molecule has 1 aromatic carbocycles. The van der Waals surface area contributed by atoms with E-state index < -0.39 is 10.1 Å². The quantitative estimate of drug-likeness (QED) is 0.522. The average Bonchev–Trinajstić information content (AvgIpc) is 2.45. The fraction of sp³-hybridized carbons (Fsp3) is 0.625. The lowest BCUT2D eigenvalue weighted by molar-refractivity contribution is -0.788. The third-order valence-corrected chi connectivity index (χ3v) is 4.42. The zero-order valence-corrected chi connectivity index (χ0v) is 14.5. The third-order valence-electron chi connectivity index (χ3n) is 3.54. The zero-order valence-electron chi connectivity index (χ0n) is 13.7. The molecule has 22 heavy (non-hydrogen) atoms. The summed E-state index contributed by atoms with van der Waals surface area (Å²) < 4.78 is 39.8. The molecular formula is C16H27NO4S.